The van der Waals surface area contributed by atoms with Crippen LogP contribution in [0.3, 0.4) is 0 Å². The summed E-state index contributed by atoms with van der Waals surface area (Å²) in [6.07, 6.45) is 0. The van der Waals surface area contributed by atoms with Gasteiger partial charge in [-0.3, -0.25) is 0 Å². The lowest BCUT2D eigenvalue weighted by molar-refractivity contribution is 0.379. The second kappa shape index (κ2) is 4.94. The standard InChI is InChI=1S/C13H17N3S/c1-10-14-12-7-5-4-6-11(12)13(17)16(10)9-8-15(2)3/h4-7H,8-9H2,1-3H3. The number of aryl methyl sites for hydroxylation is 1. The molecule has 0 fully saturated rings. The Morgan fingerprint density at radius 3 is 2.71 bits per heavy atom. The van der Waals surface area contributed by atoms with Crippen LogP contribution in [0.25, 0.3) is 10.9 Å². The first-order chi connectivity index (χ1) is 8.09. The molecule has 0 unspecified atom stereocenters. The summed E-state index contributed by atoms with van der Waals surface area (Å²) in [6.45, 7) is 3.86. The fraction of sp³-hybridized carbons (Fsp3) is 0.385. The Bertz CT molecular complexity index is 587. The third-order valence-corrected chi connectivity index (χ3v) is 3.26. The van der Waals surface area contributed by atoms with Crippen LogP contribution in [-0.2, 0) is 6.54 Å². The predicted molar refractivity (Wildman–Crippen MR) is 73.9 cm³/mol. The summed E-state index contributed by atoms with van der Waals surface area (Å²) in [5.41, 5.74) is 0.983. The van der Waals surface area contributed by atoms with Gasteiger partial charge in [-0.25, -0.2) is 4.98 Å². The Labute approximate surface area is 107 Å². The maximum Gasteiger partial charge on any atom is 0.116 e. The van der Waals surface area contributed by atoms with Crippen molar-refractivity contribution in [3.63, 3.8) is 0 Å². The minimum atomic E-state index is 0.884. The van der Waals surface area contributed by atoms with E-state index in [0.29, 0.717) is 0 Å². The molecule has 0 amide bonds. The lowest BCUT2D eigenvalue weighted by atomic mass is 10.2. The lowest BCUT2D eigenvalue weighted by Crippen LogP contribution is -2.20. The van der Waals surface area contributed by atoms with Gasteiger partial charge in [0.2, 0.25) is 0 Å². The van der Waals surface area contributed by atoms with Gasteiger partial charge in [0.1, 0.15) is 10.5 Å². The number of rotatable bonds is 3. The summed E-state index contributed by atoms with van der Waals surface area (Å²) in [5, 5.41) is 1.06. The summed E-state index contributed by atoms with van der Waals surface area (Å²) in [4.78, 5) is 6.74. The molecule has 17 heavy (non-hydrogen) atoms. The average Bonchev–Trinajstić information content (AvgIpc) is 2.28. The van der Waals surface area contributed by atoms with E-state index in [0.717, 1.165) is 34.5 Å². The van der Waals surface area contributed by atoms with E-state index in [9.17, 15) is 0 Å². The Morgan fingerprint density at radius 1 is 1.29 bits per heavy atom. The Kier molecular flexibility index (Phi) is 3.54. The maximum absolute atomic E-state index is 5.54. The van der Waals surface area contributed by atoms with Crippen molar-refractivity contribution in [3.8, 4) is 0 Å². The van der Waals surface area contributed by atoms with Gasteiger partial charge >= 0.3 is 0 Å². The van der Waals surface area contributed by atoms with Crippen molar-refractivity contribution in [2.75, 3.05) is 20.6 Å². The van der Waals surface area contributed by atoms with E-state index in [1.165, 1.54) is 0 Å². The van der Waals surface area contributed by atoms with Crippen LogP contribution in [0, 0.1) is 11.6 Å². The number of likely N-dealkylation sites (N-methyl/N-ethyl adjacent to an activating group) is 1. The zero-order chi connectivity index (χ0) is 12.4. The lowest BCUT2D eigenvalue weighted by Gasteiger charge is -2.15. The van der Waals surface area contributed by atoms with Crippen molar-refractivity contribution in [2.24, 2.45) is 0 Å². The smallest absolute Gasteiger partial charge is 0.116 e. The monoisotopic (exact) mass is 247 g/mol. The minimum Gasteiger partial charge on any atom is -0.319 e. The van der Waals surface area contributed by atoms with Gasteiger partial charge in [-0.05, 0) is 33.2 Å². The first-order valence-electron chi connectivity index (χ1n) is 5.70. The topological polar surface area (TPSA) is 21.1 Å². The largest absolute Gasteiger partial charge is 0.319 e. The summed E-state index contributed by atoms with van der Waals surface area (Å²) >= 11 is 5.54. The molecular weight excluding hydrogens is 230 g/mol. The van der Waals surface area contributed by atoms with Gasteiger partial charge in [-0.15, -0.1) is 0 Å². The highest BCUT2D eigenvalue weighted by Crippen LogP contribution is 2.14. The molecule has 0 aliphatic rings. The summed E-state index contributed by atoms with van der Waals surface area (Å²) in [7, 11) is 4.13. The Balaban J connectivity index is 2.52. The van der Waals surface area contributed by atoms with Crippen molar-refractivity contribution >= 4 is 23.1 Å². The van der Waals surface area contributed by atoms with Gasteiger partial charge in [0.05, 0.1) is 5.52 Å². The molecule has 0 atom stereocenters. The molecule has 2 aromatic rings. The second-order valence-corrected chi connectivity index (χ2v) is 4.82. The molecular formula is C13H17N3S. The van der Waals surface area contributed by atoms with E-state index in [-0.39, 0.29) is 0 Å². The molecule has 0 aliphatic carbocycles. The van der Waals surface area contributed by atoms with E-state index in [2.05, 4.69) is 28.5 Å². The molecule has 2 rings (SSSR count). The van der Waals surface area contributed by atoms with Crippen molar-refractivity contribution < 1.29 is 0 Å². The SMILES string of the molecule is Cc1nc2ccccc2c(=S)n1CCN(C)C. The Morgan fingerprint density at radius 2 is 2.00 bits per heavy atom. The molecule has 1 aromatic heterocycles. The number of para-hydroxylation sites is 1. The van der Waals surface area contributed by atoms with E-state index in [4.69, 9.17) is 12.2 Å². The van der Waals surface area contributed by atoms with Gasteiger partial charge < -0.3 is 9.47 Å². The highest BCUT2D eigenvalue weighted by molar-refractivity contribution is 7.71. The van der Waals surface area contributed by atoms with E-state index in [1.54, 1.807) is 0 Å². The van der Waals surface area contributed by atoms with Crippen LogP contribution in [0.5, 0.6) is 0 Å². The highest BCUT2D eigenvalue weighted by atomic mass is 32.1. The van der Waals surface area contributed by atoms with Crippen molar-refractivity contribution in [1.29, 1.82) is 0 Å². The van der Waals surface area contributed by atoms with Crippen LogP contribution in [-0.4, -0.2) is 35.1 Å². The molecule has 0 aliphatic heterocycles. The van der Waals surface area contributed by atoms with Gasteiger partial charge in [0.15, 0.2) is 0 Å². The number of hydrogen-bond acceptors (Lipinski definition) is 3. The predicted octanol–water partition coefficient (Wildman–Crippen LogP) is 2.64. The maximum atomic E-state index is 5.54. The van der Waals surface area contributed by atoms with Gasteiger partial charge in [-0.2, -0.15) is 0 Å². The van der Waals surface area contributed by atoms with Crippen LogP contribution in [0.1, 0.15) is 5.82 Å². The second-order valence-electron chi connectivity index (χ2n) is 4.44. The molecule has 1 heterocycles. The molecule has 0 saturated heterocycles. The fourth-order valence-electron chi connectivity index (χ4n) is 1.84. The Hall–Kier alpha value is -1.26. The first-order valence-corrected chi connectivity index (χ1v) is 6.11. The molecule has 3 nitrogen and oxygen atoms in total. The number of nitrogens with zero attached hydrogens (tertiary/aromatic N) is 3. The number of benzene rings is 1. The highest BCUT2D eigenvalue weighted by Gasteiger charge is 2.04. The van der Waals surface area contributed by atoms with Crippen LogP contribution < -0.4 is 0 Å². The molecule has 1 aromatic carbocycles. The molecule has 90 valence electrons. The first kappa shape index (κ1) is 12.2. The number of hydrogen-bond donors (Lipinski definition) is 0. The molecule has 0 saturated carbocycles. The fourth-order valence-corrected chi connectivity index (χ4v) is 2.24. The van der Waals surface area contributed by atoms with Gasteiger partial charge in [0, 0.05) is 18.5 Å². The average molecular weight is 247 g/mol. The van der Waals surface area contributed by atoms with Gasteiger partial charge in [-0.1, -0.05) is 24.4 Å². The summed E-state index contributed by atoms with van der Waals surface area (Å²) in [5.74, 6) is 0.982. The zero-order valence-electron chi connectivity index (χ0n) is 10.5. The third-order valence-electron chi connectivity index (χ3n) is 2.82. The molecule has 0 bridgehead atoms. The summed E-state index contributed by atoms with van der Waals surface area (Å²) < 4.78 is 2.99. The number of aromatic nitrogens is 2. The quantitative estimate of drug-likeness (QED) is 0.778. The minimum absolute atomic E-state index is 0.884. The third kappa shape index (κ3) is 2.53. The normalized spacial score (nSPS) is 11.3. The molecule has 0 radical (unpaired) electrons. The van der Waals surface area contributed by atoms with Crippen LogP contribution >= 0.6 is 12.2 Å². The van der Waals surface area contributed by atoms with E-state index < -0.39 is 0 Å². The number of fused-ring (bicyclic) bond motifs is 1. The van der Waals surface area contributed by atoms with Crippen LogP contribution in [0.15, 0.2) is 24.3 Å². The molecule has 0 N–H and O–H groups in total. The van der Waals surface area contributed by atoms with E-state index in [1.807, 2.05) is 31.2 Å². The van der Waals surface area contributed by atoms with Crippen molar-refractivity contribution in [2.45, 2.75) is 13.5 Å². The van der Waals surface area contributed by atoms with Gasteiger partial charge in [0.25, 0.3) is 0 Å². The molecule has 0 spiro atoms. The molecule has 4 heteroatoms. The zero-order valence-corrected chi connectivity index (χ0v) is 11.3. The summed E-state index contributed by atoms with van der Waals surface area (Å²) in [6, 6.07) is 8.05. The van der Waals surface area contributed by atoms with E-state index >= 15 is 0 Å². The van der Waals surface area contributed by atoms with Crippen molar-refractivity contribution in [3.05, 3.63) is 34.7 Å². The van der Waals surface area contributed by atoms with Crippen LogP contribution in [0.4, 0.5) is 0 Å². The van der Waals surface area contributed by atoms with Crippen LogP contribution in [0.2, 0.25) is 0 Å². The van der Waals surface area contributed by atoms with Crippen molar-refractivity contribution in [1.82, 2.24) is 14.5 Å².